The van der Waals surface area contributed by atoms with Crippen LogP contribution in [-0.2, 0) is 19.5 Å². The van der Waals surface area contributed by atoms with Gasteiger partial charge in [0.25, 0.3) is 0 Å². The molecule has 38 heavy (non-hydrogen) atoms. The third kappa shape index (κ3) is 6.13. The van der Waals surface area contributed by atoms with Gasteiger partial charge in [0.1, 0.15) is 29.5 Å². The van der Waals surface area contributed by atoms with Gasteiger partial charge >= 0.3 is 0 Å². The second kappa shape index (κ2) is 11.3. The van der Waals surface area contributed by atoms with E-state index in [9.17, 15) is 12.8 Å². The number of rotatable bonds is 10. The van der Waals surface area contributed by atoms with Gasteiger partial charge in [-0.1, -0.05) is 6.07 Å². The van der Waals surface area contributed by atoms with E-state index in [2.05, 4.69) is 19.9 Å². The molecule has 206 valence electrons. The first-order chi connectivity index (χ1) is 18.0. The molecule has 0 aliphatic carbocycles. The van der Waals surface area contributed by atoms with Gasteiger partial charge in [-0.25, -0.2) is 12.8 Å². The molecule has 3 aromatic rings. The smallest absolute Gasteiger partial charge is 0.240 e. The molecular weight excluding hydrogens is 513 g/mol. The number of hydrogen-bond donors (Lipinski definition) is 1. The van der Waals surface area contributed by atoms with Gasteiger partial charge in [-0.15, -0.1) is 10.2 Å². The van der Waals surface area contributed by atoms with Crippen LogP contribution in [0.1, 0.15) is 58.0 Å². The summed E-state index contributed by atoms with van der Waals surface area (Å²) in [6.45, 7) is 11.3. The number of benzene rings is 1. The third-order valence-electron chi connectivity index (χ3n) is 6.09. The van der Waals surface area contributed by atoms with Crippen LogP contribution < -0.4 is 9.46 Å². The molecule has 0 saturated carbocycles. The largest absolute Gasteiger partial charge is 0.491 e. The summed E-state index contributed by atoms with van der Waals surface area (Å²) in [6.07, 6.45) is 0.519. The van der Waals surface area contributed by atoms with Gasteiger partial charge in [0.15, 0.2) is 5.82 Å². The molecule has 1 aromatic carbocycles. The minimum Gasteiger partial charge on any atom is -0.491 e. The van der Waals surface area contributed by atoms with E-state index in [0.717, 1.165) is 5.56 Å². The molecule has 10 nitrogen and oxygen atoms in total. The summed E-state index contributed by atoms with van der Waals surface area (Å²) >= 11 is 0. The number of sulfonamides is 1. The normalized spacial score (nSPS) is 16.9. The fourth-order valence-electron chi connectivity index (χ4n) is 4.12. The molecule has 0 amide bonds. The van der Waals surface area contributed by atoms with Crippen molar-refractivity contribution in [1.29, 1.82) is 0 Å². The number of anilines is 1. The molecule has 0 bridgehead atoms. The molecule has 1 aliphatic rings. The first-order valence-corrected chi connectivity index (χ1v) is 14.1. The first-order valence-electron chi connectivity index (χ1n) is 12.5. The Bertz CT molecular complexity index is 1360. The zero-order chi connectivity index (χ0) is 27.6. The molecule has 0 spiro atoms. The number of aromatic nitrogens is 4. The van der Waals surface area contributed by atoms with Crippen LogP contribution in [0, 0.1) is 12.7 Å². The van der Waals surface area contributed by atoms with Crippen LogP contribution in [0.4, 0.5) is 10.3 Å². The van der Waals surface area contributed by atoms with Crippen LogP contribution in [0.2, 0.25) is 0 Å². The minimum atomic E-state index is -4.07. The molecule has 0 fully saturated rings. The van der Waals surface area contributed by atoms with E-state index in [1.54, 1.807) is 23.8 Å². The van der Waals surface area contributed by atoms with Crippen molar-refractivity contribution in [3.8, 4) is 17.1 Å². The molecule has 1 N–H and O–H groups in total. The van der Waals surface area contributed by atoms with Crippen molar-refractivity contribution in [1.82, 2.24) is 19.7 Å². The van der Waals surface area contributed by atoms with Crippen molar-refractivity contribution in [3.63, 3.8) is 0 Å². The Hall–Kier alpha value is -3.09. The predicted octanol–water partition coefficient (Wildman–Crippen LogP) is 4.44. The number of fused-ring (bicyclic) bond motifs is 3. The number of hydrogen-bond acceptors (Lipinski definition) is 8. The molecule has 3 heterocycles. The number of nitrogens with one attached hydrogen (secondary N) is 1. The number of halogens is 1. The maximum absolute atomic E-state index is 14.2. The average molecular weight is 548 g/mol. The Morgan fingerprint density at radius 1 is 1.13 bits per heavy atom. The number of pyridine rings is 1. The fraction of sp³-hybridized carbons (Fsp3) is 0.500. The van der Waals surface area contributed by atoms with E-state index in [1.807, 2.05) is 40.7 Å². The first kappa shape index (κ1) is 27.9. The van der Waals surface area contributed by atoms with Gasteiger partial charge in [0.2, 0.25) is 16.0 Å². The average Bonchev–Trinajstić information content (AvgIpc) is 3.18. The Balaban J connectivity index is 1.72. The van der Waals surface area contributed by atoms with Crippen LogP contribution in [-0.4, -0.2) is 58.8 Å². The summed E-state index contributed by atoms with van der Waals surface area (Å²) in [4.78, 5) is 4.41. The number of aryl methyl sites for hydroxylation is 1. The van der Waals surface area contributed by atoms with Crippen molar-refractivity contribution < 1.29 is 27.0 Å². The maximum atomic E-state index is 14.2. The highest BCUT2D eigenvalue weighted by Crippen LogP contribution is 2.37. The monoisotopic (exact) mass is 547 g/mol. The molecule has 12 heteroatoms. The van der Waals surface area contributed by atoms with Crippen molar-refractivity contribution in [2.24, 2.45) is 0 Å². The topological polar surface area (TPSA) is 117 Å². The zero-order valence-electron chi connectivity index (χ0n) is 22.4. The van der Waals surface area contributed by atoms with Crippen molar-refractivity contribution in [2.45, 2.75) is 71.1 Å². The van der Waals surface area contributed by atoms with Gasteiger partial charge in [0.05, 0.1) is 36.1 Å². The van der Waals surface area contributed by atoms with Crippen LogP contribution in [0.25, 0.3) is 11.4 Å². The van der Waals surface area contributed by atoms with Crippen LogP contribution >= 0.6 is 0 Å². The van der Waals surface area contributed by atoms with Gasteiger partial charge in [-0.2, -0.15) is 0 Å². The van der Waals surface area contributed by atoms with E-state index in [-0.39, 0.29) is 37.2 Å². The lowest BCUT2D eigenvalue weighted by atomic mass is 10.1. The highest BCUT2D eigenvalue weighted by Gasteiger charge is 2.36. The van der Waals surface area contributed by atoms with Crippen molar-refractivity contribution in [3.05, 3.63) is 53.6 Å². The zero-order valence-corrected chi connectivity index (χ0v) is 23.2. The number of ether oxygens (including phenoxy) is 3. The maximum Gasteiger partial charge on any atom is 0.240 e. The van der Waals surface area contributed by atoms with Crippen LogP contribution in [0.15, 0.2) is 36.5 Å². The Morgan fingerprint density at radius 3 is 2.55 bits per heavy atom. The van der Waals surface area contributed by atoms with Gasteiger partial charge in [-0.05, 0) is 71.4 Å². The van der Waals surface area contributed by atoms with E-state index in [4.69, 9.17) is 14.2 Å². The molecular formula is C26H34FN5O5S. The van der Waals surface area contributed by atoms with Crippen molar-refractivity contribution in [2.75, 3.05) is 17.9 Å². The molecule has 1 aliphatic heterocycles. The molecule has 0 saturated heterocycles. The summed E-state index contributed by atoms with van der Waals surface area (Å²) in [5.41, 5.74) is 1.82. The van der Waals surface area contributed by atoms with Crippen LogP contribution in [0.3, 0.4) is 0 Å². The molecule has 0 radical (unpaired) electrons. The highest BCUT2D eigenvalue weighted by atomic mass is 32.2. The predicted molar refractivity (Wildman–Crippen MR) is 141 cm³/mol. The lowest BCUT2D eigenvalue weighted by molar-refractivity contribution is 0.00415. The Morgan fingerprint density at radius 2 is 1.89 bits per heavy atom. The molecule has 2 aromatic heterocycles. The highest BCUT2D eigenvalue weighted by molar-refractivity contribution is 7.93. The lowest BCUT2D eigenvalue weighted by Crippen LogP contribution is -2.35. The SMILES string of the molecule is Cc1ccc([C@H](OC(C)C)[C@H](C)S(=O)(=O)Nc2nnc3n2[C@@H](COC(C)C)COc2ccc(F)cc2-3)nc1. The Labute approximate surface area is 222 Å². The Kier molecular flexibility index (Phi) is 8.34. The van der Waals surface area contributed by atoms with Crippen LogP contribution in [0.5, 0.6) is 5.75 Å². The summed E-state index contributed by atoms with van der Waals surface area (Å²) in [5.74, 6) is 0.194. The minimum absolute atomic E-state index is 0.0231. The quantitative estimate of drug-likeness (QED) is 0.396. The van der Waals surface area contributed by atoms with Crippen molar-refractivity contribution >= 4 is 16.0 Å². The summed E-state index contributed by atoms with van der Waals surface area (Å²) < 4.78 is 63.5. The molecule has 3 atom stereocenters. The summed E-state index contributed by atoms with van der Waals surface area (Å²) in [7, 11) is -4.07. The standard InChI is InChI=1S/C26H34FN5O5S/c1-15(2)35-13-20-14-36-23-10-8-19(27)11-21(23)25-29-30-26(32(20)25)31-38(33,34)18(6)24(37-16(3)4)22-9-7-17(5)12-28-22/h7-12,15-16,18,20,24H,13-14H2,1-6H3,(H,30,31)/t18-,20-,24+/m0/s1. The van der Waals surface area contributed by atoms with E-state index >= 15 is 0 Å². The fourth-order valence-corrected chi connectivity index (χ4v) is 5.23. The second-order valence-electron chi connectivity index (χ2n) is 9.92. The van der Waals surface area contributed by atoms with Gasteiger partial charge < -0.3 is 14.2 Å². The third-order valence-corrected chi connectivity index (χ3v) is 7.78. The second-order valence-corrected chi connectivity index (χ2v) is 12.0. The van der Waals surface area contributed by atoms with E-state index in [0.29, 0.717) is 17.0 Å². The summed E-state index contributed by atoms with van der Waals surface area (Å²) in [5, 5.41) is 7.33. The molecule has 4 rings (SSSR count). The molecule has 0 unspecified atom stereocenters. The van der Waals surface area contributed by atoms with Gasteiger partial charge in [0, 0.05) is 6.20 Å². The van der Waals surface area contributed by atoms with Gasteiger partial charge in [-0.3, -0.25) is 14.3 Å². The van der Waals surface area contributed by atoms with E-state index in [1.165, 1.54) is 18.2 Å². The lowest BCUT2D eigenvalue weighted by Gasteiger charge is -2.27. The summed E-state index contributed by atoms with van der Waals surface area (Å²) in [6, 6.07) is 7.25. The number of nitrogens with zero attached hydrogens (tertiary/aromatic N) is 4. The van der Waals surface area contributed by atoms with E-state index < -0.39 is 33.2 Å².